The second-order valence-corrected chi connectivity index (χ2v) is 6.88. The molecule has 4 nitrogen and oxygen atoms in total. The third kappa shape index (κ3) is 3.78. The van der Waals surface area contributed by atoms with Crippen molar-refractivity contribution in [3.63, 3.8) is 0 Å². The molecule has 0 saturated carbocycles. The van der Waals surface area contributed by atoms with E-state index < -0.39 is 9.84 Å². The van der Waals surface area contributed by atoms with Crippen molar-refractivity contribution < 1.29 is 8.42 Å². The molecule has 0 spiro atoms. The first-order chi connectivity index (χ1) is 8.05. The fourth-order valence-electron chi connectivity index (χ4n) is 2.04. The summed E-state index contributed by atoms with van der Waals surface area (Å²) in [5.41, 5.74) is 2.02. The van der Waals surface area contributed by atoms with Crippen molar-refractivity contribution in [3.8, 4) is 0 Å². The van der Waals surface area contributed by atoms with Crippen molar-refractivity contribution in [2.45, 2.75) is 32.4 Å². The van der Waals surface area contributed by atoms with Crippen molar-refractivity contribution in [1.29, 1.82) is 0 Å². The molecule has 0 bridgehead atoms. The van der Waals surface area contributed by atoms with Gasteiger partial charge in [-0.1, -0.05) is 6.07 Å². The molecular weight excluding hydrogens is 236 g/mol. The number of hydrogen-bond donors (Lipinski definition) is 1. The van der Waals surface area contributed by atoms with Crippen molar-refractivity contribution in [2.24, 2.45) is 0 Å². The lowest BCUT2D eigenvalue weighted by Crippen LogP contribution is -2.37. The molecule has 1 aromatic heterocycles. The molecule has 5 heteroatoms. The first-order valence-corrected chi connectivity index (χ1v) is 7.74. The lowest BCUT2D eigenvalue weighted by Gasteiger charge is -2.22. The van der Waals surface area contributed by atoms with Crippen LogP contribution in [0.15, 0.2) is 18.2 Å². The molecule has 0 aromatic carbocycles. The van der Waals surface area contributed by atoms with Gasteiger partial charge in [-0.3, -0.25) is 4.98 Å². The standard InChI is InChI=1S/C12H18N2O2S/c1-10-3-2-4-12(14-10)9-13-11-5-7-17(15,16)8-6-11/h2-4,11,13H,5-9H2,1H3. The van der Waals surface area contributed by atoms with E-state index in [1.54, 1.807) is 0 Å². The number of pyridine rings is 1. The smallest absolute Gasteiger partial charge is 0.150 e. The third-order valence-electron chi connectivity index (χ3n) is 3.07. The largest absolute Gasteiger partial charge is 0.308 e. The van der Waals surface area contributed by atoms with E-state index in [-0.39, 0.29) is 0 Å². The molecule has 0 radical (unpaired) electrons. The number of nitrogens with one attached hydrogen (secondary N) is 1. The monoisotopic (exact) mass is 254 g/mol. The molecule has 1 saturated heterocycles. The van der Waals surface area contributed by atoms with Crippen molar-refractivity contribution in [3.05, 3.63) is 29.6 Å². The van der Waals surface area contributed by atoms with Gasteiger partial charge in [0.2, 0.25) is 0 Å². The Kier molecular flexibility index (Phi) is 3.79. The SMILES string of the molecule is Cc1cccc(CNC2CCS(=O)(=O)CC2)n1. The minimum Gasteiger partial charge on any atom is -0.308 e. The molecule has 1 aliphatic heterocycles. The summed E-state index contributed by atoms with van der Waals surface area (Å²) in [6.45, 7) is 2.68. The van der Waals surface area contributed by atoms with Gasteiger partial charge in [0, 0.05) is 18.3 Å². The molecular formula is C12H18N2O2S. The quantitative estimate of drug-likeness (QED) is 0.876. The predicted molar refractivity (Wildman–Crippen MR) is 67.5 cm³/mol. The second-order valence-electron chi connectivity index (χ2n) is 4.58. The van der Waals surface area contributed by atoms with E-state index >= 15 is 0 Å². The van der Waals surface area contributed by atoms with E-state index in [1.165, 1.54) is 0 Å². The van der Waals surface area contributed by atoms with Gasteiger partial charge in [0.25, 0.3) is 0 Å². The van der Waals surface area contributed by atoms with Crippen LogP contribution >= 0.6 is 0 Å². The number of hydrogen-bond acceptors (Lipinski definition) is 4. The highest BCUT2D eigenvalue weighted by Crippen LogP contribution is 2.12. The van der Waals surface area contributed by atoms with E-state index in [0.29, 0.717) is 36.9 Å². The molecule has 17 heavy (non-hydrogen) atoms. The first-order valence-electron chi connectivity index (χ1n) is 5.91. The number of aromatic nitrogens is 1. The van der Waals surface area contributed by atoms with Crippen LogP contribution in [-0.2, 0) is 16.4 Å². The number of rotatable bonds is 3. The lowest BCUT2D eigenvalue weighted by molar-refractivity contribution is 0.460. The van der Waals surface area contributed by atoms with Gasteiger partial charge in [-0.05, 0) is 31.9 Å². The highest BCUT2D eigenvalue weighted by molar-refractivity contribution is 7.91. The molecule has 0 amide bonds. The van der Waals surface area contributed by atoms with Gasteiger partial charge in [0.15, 0.2) is 0 Å². The van der Waals surface area contributed by atoms with Crippen LogP contribution in [-0.4, -0.2) is 30.9 Å². The summed E-state index contributed by atoms with van der Waals surface area (Å²) in [6.07, 6.45) is 1.43. The van der Waals surface area contributed by atoms with Crippen LogP contribution in [0.4, 0.5) is 0 Å². The van der Waals surface area contributed by atoms with Gasteiger partial charge in [-0.25, -0.2) is 8.42 Å². The van der Waals surface area contributed by atoms with E-state index in [9.17, 15) is 8.42 Å². The normalized spacial score (nSPS) is 20.3. The van der Waals surface area contributed by atoms with Gasteiger partial charge >= 0.3 is 0 Å². The lowest BCUT2D eigenvalue weighted by atomic mass is 10.1. The maximum Gasteiger partial charge on any atom is 0.150 e. The maximum absolute atomic E-state index is 11.3. The molecule has 0 unspecified atom stereocenters. The highest BCUT2D eigenvalue weighted by atomic mass is 32.2. The van der Waals surface area contributed by atoms with Crippen molar-refractivity contribution >= 4 is 9.84 Å². The number of aryl methyl sites for hydroxylation is 1. The highest BCUT2D eigenvalue weighted by Gasteiger charge is 2.22. The summed E-state index contributed by atoms with van der Waals surface area (Å²) in [4.78, 5) is 4.41. The van der Waals surface area contributed by atoms with Gasteiger partial charge < -0.3 is 5.32 Å². The number of nitrogens with zero attached hydrogens (tertiary/aromatic N) is 1. The molecule has 1 aromatic rings. The predicted octanol–water partition coefficient (Wildman–Crippen LogP) is 1.06. The molecule has 94 valence electrons. The zero-order valence-corrected chi connectivity index (χ0v) is 10.8. The Bertz CT molecular complexity index is 471. The summed E-state index contributed by atoms with van der Waals surface area (Å²) in [5.74, 6) is 0.623. The molecule has 1 aliphatic rings. The minimum atomic E-state index is -2.76. The molecule has 0 atom stereocenters. The van der Waals surface area contributed by atoms with Gasteiger partial charge in [0.1, 0.15) is 9.84 Å². The Morgan fingerprint density at radius 1 is 1.35 bits per heavy atom. The van der Waals surface area contributed by atoms with E-state index in [1.807, 2.05) is 25.1 Å². The van der Waals surface area contributed by atoms with Gasteiger partial charge in [-0.15, -0.1) is 0 Å². The van der Waals surface area contributed by atoms with E-state index in [2.05, 4.69) is 10.3 Å². The van der Waals surface area contributed by atoms with E-state index in [4.69, 9.17) is 0 Å². The summed E-state index contributed by atoms with van der Waals surface area (Å²) in [7, 11) is -2.76. The van der Waals surface area contributed by atoms with Crippen LogP contribution in [0.2, 0.25) is 0 Å². The van der Waals surface area contributed by atoms with E-state index in [0.717, 1.165) is 11.4 Å². The molecule has 1 fully saturated rings. The Hall–Kier alpha value is -0.940. The maximum atomic E-state index is 11.3. The zero-order chi connectivity index (χ0) is 12.3. The molecule has 0 aliphatic carbocycles. The summed E-state index contributed by atoms with van der Waals surface area (Å²) < 4.78 is 22.5. The van der Waals surface area contributed by atoms with Crippen LogP contribution in [0, 0.1) is 6.92 Å². The minimum absolute atomic E-state index is 0.306. The Labute approximate surface area is 102 Å². The average Bonchev–Trinajstić information content (AvgIpc) is 2.28. The van der Waals surface area contributed by atoms with Crippen LogP contribution in [0.25, 0.3) is 0 Å². The Morgan fingerprint density at radius 2 is 2.06 bits per heavy atom. The third-order valence-corrected chi connectivity index (χ3v) is 4.79. The average molecular weight is 254 g/mol. The van der Waals surface area contributed by atoms with Gasteiger partial charge in [-0.2, -0.15) is 0 Å². The molecule has 1 N–H and O–H groups in total. The number of sulfone groups is 1. The van der Waals surface area contributed by atoms with Crippen LogP contribution in [0.3, 0.4) is 0 Å². The zero-order valence-electron chi connectivity index (χ0n) is 10.0. The first kappa shape index (κ1) is 12.5. The second kappa shape index (κ2) is 5.14. The summed E-state index contributed by atoms with van der Waals surface area (Å²) in [5, 5.41) is 3.38. The van der Waals surface area contributed by atoms with Gasteiger partial charge in [0.05, 0.1) is 17.2 Å². The fourth-order valence-corrected chi connectivity index (χ4v) is 3.53. The van der Waals surface area contributed by atoms with Crippen LogP contribution in [0.5, 0.6) is 0 Å². The molecule has 2 rings (SSSR count). The van der Waals surface area contributed by atoms with Crippen molar-refractivity contribution in [2.75, 3.05) is 11.5 Å². The summed E-state index contributed by atoms with van der Waals surface area (Å²) in [6, 6.07) is 6.25. The Morgan fingerprint density at radius 3 is 2.71 bits per heavy atom. The molecule has 2 heterocycles. The Balaban J connectivity index is 1.84. The fraction of sp³-hybridized carbons (Fsp3) is 0.583. The van der Waals surface area contributed by atoms with Crippen LogP contribution < -0.4 is 5.32 Å². The van der Waals surface area contributed by atoms with Crippen LogP contribution in [0.1, 0.15) is 24.2 Å². The summed E-state index contributed by atoms with van der Waals surface area (Å²) >= 11 is 0. The van der Waals surface area contributed by atoms with Crippen molar-refractivity contribution in [1.82, 2.24) is 10.3 Å². The topological polar surface area (TPSA) is 59.1 Å².